The topological polar surface area (TPSA) is 80.6 Å². The Bertz CT molecular complexity index is 538. The van der Waals surface area contributed by atoms with E-state index < -0.39 is 10.0 Å². The Morgan fingerprint density at radius 3 is 2.95 bits per heavy atom. The Morgan fingerprint density at radius 1 is 1.50 bits per heavy atom. The van der Waals surface area contributed by atoms with Crippen molar-refractivity contribution in [2.75, 3.05) is 26.8 Å². The quantitative estimate of drug-likeness (QED) is 0.763. The Balaban J connectivity index is 1.94. The lowest BCUT2D eigenvalue weighted by molar-refractivity contribution is 0.184. The Labute approximate surface area is 127 Å². The first kappa shape index (κ1) is 16.0. The van der Waals surface area contributed by atoms with E-state index in [-0.39, 0.29) is 9.56 Å². The van der Waals surface area contributed by atoms with Gasteiger partial charge in [0, 0.05) is 25.8 Å². The molecule has 8 heteroatoms. The Kier molecular flexibility index (Phi) is 5.62. The molecule has 1 aliphatic heterocycles. The lowest BCUT2D eigenvalue weighted by Crippen LogP contribution is -2.26. The molecule has 20 heavy (non-hydrogen) atoms. The smallest absolute Gasteiger partial charge is 0.244 e. The van der Waals surface area contributed by atoms with E-state index in [0.29, 0.717) is 24.8 Å². The molecule has 1 unspecified atom stereocenters. The number of furan rings is 1. The second kappa shape index (κ2) is 7.04. The van der Waals surface area contributed by atoms with Crippen LogP contribution < -0.4 is 10.0 Å². The van der Waals surface area contributed by atoms with E-state index in [4.69, 9.17) is 9.15 Å². The van der Waals surface area contributed by atoms with Gasteiger partial charge in [-0.25, -0.2) is 13.1 Å². The zero-order chi connectivity index (χ0) is 14.6. The van der Waals surface area contributed by atoms with E-state index in [1.54, 1.807) is 7.05 Å². The number of rotatable bonds is 7. The van der Waals surface area contributed by atoms with E-state index in [2.05, 4.69) is 26.0 Å². The Morgan fingerprint density at radius 2 is 2.30 bits per heavy atom. The van der Waals surface area contributed by atoms with E-state index in [9.17, 15) is 8.42 Å². The Hall–Kier alpha value is -0.410. The fourth-order valence-electron chi connectivity index (χ4n) is 2.13. The number of halogens is 1. The molecule has 0 aliphatic carbocycles. The second-order valence-corrected chi connectivity index (χ2v) is 7.25. The van der Waals surface area contributed by atoms with Gasteiger partial charge < -0.3 is 14.5 Å². The highest BCUT2D eigenvalue weighted by Gasteiger charge is 2.23. The van der Waals surface area contributed by atoms with Crippen molar-refractivity contribution in [3.05, 3.63) is 16.5 Å². The van der Waals surface area contributed by atoms with Crippen LogP contribution in [0.5, 0.6) is 0 Å². The van der Waals surface area contributed by atoms with Crippen LogP contribution in [0.15, 0.2) is 20.0 Å². The minimum absolute atomic E-state index is 0.144. The van der Waals surface area contributed by atoms with Crippen LogP contribution in [-0.2, 0) is 21.3 Å². The molecule has 0 radical (unpaired) electrons. The summed E-state index contributed by atoms with van der Waals surface area (Å²) in [5.74, 6) is 1.02. The number of hydrogen-bond donors (Lipinski definition) is 2. The molecule has 0 amide bonds. The van der Waals surface area contributed by atoms with Gasteiger partial charge in [0.2, 0.25) is 10.0 Å². The molecule has 114 valence electrons. The lowest BCUT2D eigenvalue weighted by Gasteiger charge is -2.08. The zero-order valence-corrected chi connectivity index (χ0v) is 13.7. The molecule has 2 N–H and O–H groups in total. The van der Waals surface area contributed by atoms with Crippen LogP contribution in [0.2, 0.25) is 0 Å². The predicted octanol–water partition coefficient (Wildman–Crippen LogP) is 1.47. The summed E-state index contributed by atoms with van der Waals surface area (Å²) < 4.78 is 37.8. The van der Waals surface area contributed by atoms with Crippen LogP contribution in [-0.4, -0.2) is 35.2 Å². The van der Waals surface area contributed by atoms with Gasteiger partial charge in [-0.3, -0.25) is 0 Å². The van der Waals surface area contributed by atoms with Crippen LogP contribution in [0.3, 0.4) is 0 Å². The molecular weight excluding hydrogens is 348 g/mol. The van der Waals surface area contributed by atoms with Gasteiger partial charge in [0.15, 0.2) is 4.67 Å². The summed E-state index contributed by atoms with van der Waals surface area (Å²) in [4.78, 5) is 0.144. The third kappa shape index (κ3) is 4.05. The van der Waals surface area contributed by atoms with Crippen LogP contribution in [0.4, 0.5) is 0 Å². The molecule has 1 aromatic heterocycles. The monoisotopic (exact) mass is 366 g/mol. The molecule has 1 aliphatic rings. The lowest BCUT2D eigenvalue weighted by atomic mass is 10.1. The zero-order valence-electron chi connectivity index (χ0n) is 11.3. The molecular formula is C12H19BrN2O4S. The van der Waals surface area contributed by atoms with Crippen LogP contribution in [0, 0.1) is 5.92 Å². The number of hydrogen-bond acceptors (Lipinski definition) is 5. The maximum absolute atomic E-state index is 12.2. The number of ether oxygens (including phenoxy) is 1. The minimum Gasteiger partial charge on any atom is -0.452 e. The fraction of sp³-hybridized carbons (Fsp3) is 0.667. The number of sulfonamides is 1. The predicted molar refractivity (Wildman–Crippen MR) is 77.9 cm³/mol. The molecule has 1 saturated heterocycles. The highest BCUT2D eigenvalue weighted by atomic mass is 79.9. The van der Waals surface area contributed by atoms with Crippen molar-refractivity contribution in [3.8, 4) is 0 Å². The van der Waals surface area contributed by atoms with Crippen LogP contribution in [0.25, 0.3) is 0 Å². The SMILES string of the molecule is CNCc1cc(S(=O)(=O)NCCC2CCOC2)c(Br)o1. The van der Waals surface area contributed by atoms with Gasteiger partial charge in [-0.2, -0.15) is 0 Å². The van der Waals surface area contributed by atoms with Crippen molar-refractivity contribution in [2.45, 2.75) is 24.3 Å². The van der Waals surface area contributed by atoms with Gasteiger partial charge in [0.1, 0.15) is 10.7 Å². The van der Waals surface area contributed by atoms with Gasteiger partial charge in [0.05, 0.1) is 6.54 Å². The van der Waals surface area contributed by atoms with E-state index in [1.165, 1.54) is 6.07 Å². The van der Waals surface area contributed by atoms with Gasteiger partial charge >= 0.3 is 0 Å². The summed E-state index contributed by atoms with van der Waals surface area (Å²) in [6.45, 7) is 2.39. The summed E-state index contributed by atoms with van der Waals surface area (Å²) in [7, 11) is -1.77. The molecule has 0 saturated carbocycles. The average molecular weight is 367 g/mol. The summed E-state index contributed by atoms with van der Waals surface area (Å²) in [6.07, 6.45) is 1.79. The highest BCUT2D eigenvalue weighted by molar-refractivity contribution is 9.10. The van der Waals surface area contributed by atoms with E-state index in [1.807, 2.05) is 0 Å². The average Bonchev–Trinajstić information content (AvgIpc) is 2.99. The first-order valence-corrected chi connectivity index (χ1v) is 8.81. The fourth-order valence-corrected chi connectivity index (χ4v) is 4.17. The van der Waals surface area contributed by atoms with Crippen molar-refractivity contribution in [2.24, 2.45) is 5.92 Å². The van der Waals surface area contributed by atoms with Crippen molar-refractivity contribution >= 4 is 26.0 Å². The van der Waals surface area contributed by atoms with Crippen molar-refractivity contribution in [1.82, 2.24) is 10.0 Å². The molecule has 2 heterocycles. The molecule has 0 spiro atoms. The van der Waals surface area contributed by atoms with Crippen LogP contribution >= 0.6 is 15.9 Å². The van der Waals surface area contributed by atoms with Crippen molar-refractivity contribution in [1.29, 1.82) is 0 Å². The number of nitrogens with one attached hydrogen (secondary N) is 2. The van der Waals surface area contributed by atoms with Gasteiger partial charge in [-0.15, -0.1) is 0 Å². The molecule has 0 aromatic carbocycles. The molecule has 6 nitrogen and oxygen atoms in total. The van der Waals surface area contributed by atoms with Crippen LogP contribution in [0.1, 0.15) is 18.6 Å². The maximum atomic E-state index is 12.2. The third-order valence-corrected chi connectivity index (χ3v) is 5.53. The summed E-state index contributed by atoms with van der Waals surface area (Å²) in [6, 6.07) is 1.53. The minimum atomic E-state index is -3.54. The van der Waals surface area contributed by atoms with Gasteiger partial charge in [0.25, 0.3) is 0 Å². The van der Waals surface area contributed by atoms with Gasteiger partial charge in [-0.1, -0.05) is 0 Å². The maximum Gasteiger partial charge on any atom is 0.244 e. The molecule has 1 atom stereocenters. The third-order valence-electron chi connectivity index (χ3n) is 3.22. The summed E-state index contributed by atoms with van der Waals surface area (Å²) in [5, 5.41) is 2.91. The standard InChI is InChI=1S/C12H19BrN2O4S/c1-14-7-10-6-11(12(13)19-10)20(16,17)15-4-2-9-3-5-18-8-9/h6,9,14-15H,2-5,7-8H2,1H3. The van der Waals surface area contributed by atoms with Crippen molar-refractivity contribution < 1.29 is 17.6 Å². The van der Waals surface area contributed by atoms with Crippen molar-refractivity contribution in [3.63, 3.8) is 0 Å². The highest BCUT2D eigenvalue weighted by Crippen LogP contribution is 2.26. The van der Waals surface area contributed by atoms with Gasteiger partial charge in [-0.05, 0) is 41.7 Å². The largest absolute Gasteiger partial charge is 0.452 e. The first-order chi connectivity index (χ1) is 9.53. The molecule has 0 bridgehead atoms. The molecule has 2 rings (SSSR count). The first-order valence-electron chi connectivity index (χ1n) is 6.53. The summed E-state index contributed by atoms with van der Waals surface area (Å²) in [5.41, 5.74) is 0. The normalized spacial score (nSPS) is 19.6. The van der Waals surface area contributed by atoms with E-state index >= 15 is 0 Å². The summed E-state index contributed by atoms with van der Waals surface area (Å²) >= 11 is 3.15. The molecule has 1 fully saturated rings. The molecule has 1 aromatic rings. The van der Waals surface area contributed by atoms with E-state index in [0.717, 1.165) is 26.1 Å². The second-order valence-electron chi connectivity index (χ2n) is 4.80.